The highest BCUT2D eigenvalue weighted by molar-refractivity contribution is 5.57. The van der Waals surface area contributed by atoms with Gasteiger partial charge in [-0.15, -0.1) is 0 Å². The van der Waals surface area contributed by atoms with Crippen molar-refractivity contribution in [3.8, 4) is 0 Å². The SMILES string of the molecule is c1ccc2c(c1)CCN2CCNCc1ccoc1. The van der Waals surface area contributed by atoms with Crippen molar-refractivity contribution < 1.29 is 4.42 Å². The number of anilines is 1. The van der Waals surface area contributed by atoms with Crippen molar-refractivity contribution in [2.75, 3.05) is 24.5 Å². The van der Waals surface area contributed by atoms with E-state index in [1.165, 1.54) is 23.2 Å². The minimum atomic E-state index is 0.881. The standard InChI is InChI=1S/C15H18N2O/c1-2-4-15-14(3-1)5-8-17(15)9-7-16-11-13-6-10-18-12-13/h1-4,6,10,12,16H,5,7-9,11H2. The van der Waals surface area contributed by atoms with E-state index in [1.807, 2.05) is 6.07 Å². The van der Waals surface area contributed by atoms with Crippen LogP contribution in [0.3, 0.4) is 0 Å². The Kier molecular flexibility index (Phi) is 3.33. The zero-order chi connectivity index (χ0) is 12.2. The molecule has 0 saturated carbocycles. The van der Waals surface area contributed by atoms with Crippen molar-refractivity contribution >= 4 is 5.69 Å². The van der Waals surface area contributed by atoms with Gasteiger partial charge in [0.25, 0.3) is 0 Å². The van der Waals surface area contributed by atoms with E-state index in [0.717, 1.165) is 26.2 Å². The number of nitrogens with one attached hydrogen (secondary N) is 1. The summed E-state index contributed by atoms with van der Waals surface area (Å²) >= 11 is 0. The lowest BCUT2D eigenvalue weighted by atomic mass is 10.2. The fourth-order valence-corrected chi connectivity index (χ4v) is 2.48. The first-order valence-corrected chi connectivity index (χ1v) is 6.48. The van der Waals surface area contributed by atoms with Crippen LogP contribution in [0.5, 0.6) is 0 Å². The molecular formula is C15H18N2O. The maximum absolute atomic E-state index is 5.04. The second kappa shape index (κ2) is 5.27. The quantitative estimate of drug-likeness (QED) is 0.816. The number of nitrogens with zero attached hydrogens (tertiary/aromatic N) is 1. The number of para-hydroxylation sites is 1. The Hall–Kier alpha value is -1.74. The molecule has 1 aromatic heterocycles. The summed E-state index contributed by atoms with van der Waals surface area (Å²) in [5.41, 5.74) is 4.09. The molecule has 94 valence electrons. The summed E-state index contributed by atoms with van der Waals surface area (Å²) in [5.74, 6) is 0. The number of hydrogen-bond acceptors (Lipinski definition) is 3. The highest BCUT2D eigenvalue weighted by atomic mass is 16.3. The van der Waals surface area contributed by atoms with Crippen LogP contribution in [0, 0.1) is 0 Å². The monoisotopic (exact) mass is 242 g/mol. The molecule has 0 fully saturated rings. The van der Waals surface area contributed by atoms with Gasteiger partial charge in [-0.25, -0.2) is 0 Å². The third-order valence-electron chi connectivity index (χ3n) is 3.45. The van der Waals surface area contributed by atoms with E-state index >= 15 is 0 Å². The van der Waals surface area contributed by atoms with Crippen molar-refractivity contribution in [1.29, 1.82) is 0 Å². The van der Waals surface area contributed by atoms with E-state index < -0.39 is 0 Å². The van der Waals surface area contributed by atoms with Gasteiger partial charge in [0.15, 0.2) is 0 Å². The second-order valence-corrected chi connectivity index (χ2v) is 4.67. The molecule has 0 saturated heterocycles. The molecule has 1 aliphatic heterocycles. The average molecular weight is 242 g/mol. The molecule has 3 heteroatoms. The summed E-state index contributed by atoms with van der Waals surface area (Å²) in [6, 6.07) is 10.7. The summed E-state index contributed by atoms with van der Waals surface area (Å²) in [7, 11) is 0. The minimum absolute atomic E-state index is 0.881. The normalized spacial score (nSPS) is 13.9. The van der Waals surface area contributed by atoms with Crippen LogP contribution < -0.4 is 10.2 Å². The largest absolute Gasteiger partial charge is 0.472 e. The van der Waals surface area contributed by atoms with E-state index in [1.54, 1.807) is 12.5 Å². The van der Waals surface area contributed by atoms with Crippen LogP contribution in [-0.2, 0) is 13.0 Å². The molecule has 0 aliphatic carbocycles. The minimum Gasteiger partial charge on any atom is -0.472 e. The molecule has 3 rings (SSSR count). The first-order chi connectivity index (χ1) is 8.93. The van der Waals surface area contributed by atoms with Gasteiger partial charge < -0.3 is 14.6 Å². The maximum atomic E-state index is 5.04. The average Bonchev–Trinajstić information content (AvgIpc) is 3.04. The third kappa shape index (κ3) is 2.41. The number of benzene rings is 1. The van der Waals surface area contributed by atoms with Gasteiger partial charge in [0.05, 0.1) is 12.5 Å². The summed E-state index contributed by atoms with van der Waals surface area (Å²) < 4.78 is 5.04. The lowest BCUT2D eigenvalue weighted by molar-refractivity contribution is 0.560. The van der Waals surface area contributed by atoms with Crippen molar-refractivity contribution in [1.82, 2.24) is 5.32 Å². The molecule has 0 spiro atoms. The molecule has 1 aromatic carbocycles. The highest BCUT2D eigenvalue weighted by Crippen LogP contribution is 2.26. The predicted molar refractivity (Wildman–Crippen MR) is 72.8 cm³/mol. The lowest BCUT2D eigenvalue weighted by Crippen LogP contribution is -2.30. The van der Waals surface area contributed by atoms with Gasteiger partial charge >= 0.3 is 0 Å². The van der Waals surface area contributed by atoms with E-state index in [0.29, 0.717) is 0 Å². The van der Waals surface area contributed by atoms with Crippen LogP contribution in [-0.4, -0.2) is 19.6 Å². The summed E-state index contributed by atoms with van der Waals surface area (Å²) in [5, 5.41) is 3.44. The van der Waals surface area contributed by atoms with E-state index in [-0.39, 0.29) is 0 Å². The summed E-state index contributed by atoms with van der Waals surface area (Å²) in [4.78, 5) is 2.46. The highest BCUT2D eigenvalue weighted by Gasteiger charge is 2.17. The zero-order valence-corrected chi connectivity index (χ0v) is 10.4. The third-order valence-corrected chi connectivity index (χ3v) is 3.45. The summed E-state index contributed by atoms with van der Waals surface area (Å²) in [6.07, 6.45) is 4.68. The lowest BCUT2D eigenvalue weighted by Gasteiger charge is -2.19. The van der Waals surface area contributed by atoms with Crippen molar-refractivity contribution in [2.24, 2.45) is 0 Å². The van der Waals surface area contributed by atoms with E-state index in [4.69, 9.17) is 4.42 Å². The van der Waals surface area contributed by atoms with Gasteiger partial charge in [0, 0.05) is 37.4 Å². The zero-order valence-electron chi connectivity index (χ0n) is 10.4. The molecule has 0 unspecified atom stereocenters. The smallest absolute Gasteiger partial charge is 0.0947 e. The summed E-state index contributed by atoms with van der Waals surface area (Å²) in [6.45, 7) is 4.09. The van der Waals surface area contributed by atoms with Gasteiger partial charge in [0.2, 0.25) is 0 Å². The molecule has 0 atom stereocenters. The topological polar surface area (TPSA) is 28.4 Å². The van der Waals surface area contributed by atoms with Gasteiger partial charge in [-0.3, -0.25) is 0 Å². The van der Waals surface area contributed by atoms with Crippen molar-refractivity contribution in [3.63, 3.8) is 0 Å². The Morgan fingerprint density at radius 2 is 2.17 bits per heavy atom. The molecule has 2 heterocycles. The first kappa shape index (κ1) is 11.4. The van der Waals surface area contributed by atoms with E-state index in [2.05, 4.69) is 34.5 Å². The molecule has 1 aliphatic rings. The van der Waals surface area contributed by atoms with Crippen LogP contribution in [0.1, 0.15) is 11.1 Å². The van der Waals surface area contributed by atoms with Crippen molar-refractivity contribution in [2.45, 2.75) is 13.0 Å². The number of fused-ring (bicyclic) bond motifs is 1. The molecule has 0 radical (unpaired) electrons. The van der Waals surface area contributed by atoms with E-state index in [9.17, 15) is 0 Å². The van der Waals surface area contributed by atoms with Crippen molar-refractivity contribution in [3.05, 3.63) is 54.0 Å². The fourth-order valence-electron chi connectivity index (χ4n) is 2.48. The molecule has 2 aromatic rings. The molecular weight excluding hydrogens is 224 g/mol. The molecule has 3 nitrogen and oxygen atoms in total. The predicted octanol–water partition coefficient (Wildman–Crippen LogP) is 2.43. The Morgan fingerprint density at radius 1 is 1.22 bits per heavy atom. The number of rotatable bonds is 5. The Bertz CT molecular complexity index is 493. The number of hydrogen-bond donors (Lipinski definition) is 1. The van der Waals surface area contributed by atoms with Gasteiger partial charge in [-0.2, -0.15) is 0 Å². The van der Waals surface area contributed by atoms with Crippen LogP contribution >= 0.6 is 0 Å². The van der Waals surface area contributed by atoms with Crippen LogP contribution in [0.2, 0.25) is 0 Å². The fraction of sp³-hybridized carbons (Fsp3) is 0.333. The maximum Gasteiger partial charge on any atom is 0.0947 e. The Balaban J connectivity index is 1.47. The van der Waals surface area contributed by atoms with Crippen LogP contribution in [0.25, 0.3) is 0 Å². The Morgan fingerprint density at radius 3 is 3.06 bits per heavy atom. The van der Waals surface area contributed by atoms with Gasteiger partial charge in [0.1, 0.15) is 0 Å². The molecule has 1 N–H and O–H groups in total. The molecule has 0 bridgehead atoms. The Labute approximate surface area is 107 Å². The van der Waals surface area contributed by atoms with Gasteiger partial charge in [-0.1, -0.05) is 18.2 Å². The van der Waals surface area contributed by atoms with Gasteiger partial charge in [-0.05, 0) is 24.1 Å². The second-order valence-electron chi connectivity index (χ2n) is 4.67. The van der Waals surface area contributed by atoms with Crippen LogP contribution in [0.15, 0.2) is 47.3 Å². The number of furan rings is 1. The molecule has 0 amide bonds. The van der Waals surface area contributed by atoms with Crippen LogP contribution in [0.4, 0.5) is 5.69 Å². The first-order valence-electron chi connectivity index (χ1n) is 6.48. The molecule has 18 heavy (non-hydrogen) atoms.